The van der Waals surface area contributed by atoms with Crippen molar-refractivity contribution in [2.24, 2.45) is 11.8 Å². The van der Waals surface area contributed by atoms with Gasteiger partial charge in [-0.05, 0) is 29.4 Å². The van der Waals surface area contributed by atoms with E-state index in [1.807, 2.05) is 24.3 Å². The van der Waals surface area contributed by atoms with Crippen molar-refractivity contribution in [1.29, 1.82) is 0 Å². The fraction of sp³-hybridized carbons (Fsp3) is 0.588. The van der Waals surface area contributed by atoms with Crippen LogP contribution in [0.15, 0.2) is 24.3 Å². The summed E-state index contributed by atoms with van der Waals surface area (Å²) in [5.41, 5.74) is 2.20. The fourth-order valence-electron chi connectivity index (χ4n) is 3.18. The molecule has 0 saturated heterocycles. The lowest BCUT2D eigenvalue weighted by Crippen LogP contribution is -2.34. The number of hydrogen-bond acceptors (Lipinski definition) is 2. The maximum absolute atomic E-state index is 12.1. The van der Waals surface area contributed by atoms with Crippen molar-refractivity contribution in [2.75, 3.05) is 0 Å². The van der Waals surface area contributed by atoms with Crippen LogP contribution in [0.5, 0.6) is 0 Å². The number of nitrogens with one attached hydrogen (secondary N) is 1. The van der Waals surface area contributed by atoms with Crippen molar-refractivity contribution in [1.82, 2.24) is 5.32 Å². The molecule has 0 aromatic heterocycles. The standard InChI is InChI=1S/C17H25NO2/c1-11(2)8-12(3)9-16(20)18-17-14-7-5-4-6-13(14)10-15(17)19/h4-7,11-12,15,17,19H,8-10H2,1-3H3,(H,18,20). The molecule has 3 atom stereocenters. The van der Waals surface area contributed by atoms with Gasteiger partial charge < -0.3 is 10.4 Å². The largest absolute Gasteiger partial charge is 0.390 e. The van der Waals surface area contributed by atoms with E-state index in [2.05, 4.69) is 26.1 Å². The molecule has 2 rings (SSSR count). The van der Waals surface area contributed by atoms with Gasteiger partial charge in [0.15, 0.2) is 0 Å². The lowest BCUT2D eigenvalue weighted by molar-refractivity contribution is -0.123. The van der Waals surface area contributed by atoms with Gasteiger partial charge >= 0.3 is 0 Å². The van der Waals surface area contributed by atoms with Gasteiger partial charge in [-0.3, -0.25) is 4.79 Å². The molecule has 3 nitrogen and oxygen atoms in total. The number of fused-ring (bicyclic) bond motifs is 1. The van der Waals surface area contributed by atoms with Crippen molar-refractivity contribution in [3.63, 3.8) is 0 Å². The Hall–Kier alpha value is -1.35. The van der Waals surface area contributed by atoms with Gasteiger partial charge in [-0.25, -0.2) is 0 Å². The first-order chi connectivity index (χ1) is 9.47. The Morgan fingerprint density at radius 1 is 1.35 bits per heavy atom. The zero-order valence-electron chi connectivity index (χ0n) is 12.6. The molecule has 0 aliphatic heterocycles. The molecule has 0 fully saturated rings. The summed E-state index contributed by atoms with van der Waals surface area (Å²) in [6.07, 6.45) is 1.71. The van der Waals surface area contributed by atoms with Crippen LogP contribution in [0.1, 0.15) is 50.8 Å². The summed E-state index contributed by atoms with van der Waals surface area (Å²) in [5, 5.41) is 13.1. The maximum Gasteiger partial charge on any atom is 0.220 e. The van der Waals surface area contributed by atoms with Crippen molar-refractivity contribution in [3.05, 3.63) is 35.4 Å². The number of carbonyl (C=O) groups excluding carboxylic acids is 1. The summed E-state index contributed by atoms with van der Waals surface area (Å²) in [7, 11) is 0. The van der Waals surface area contributed by atoms with Gasteiger partial charge in [0.05, 0.1) is 12.1 Å². The highest BCUT2D eigenvalue weighted by Crippen LogP contribution is 2.31. The molecule has 0 radical (unpaired) electrons. The van der Waals surface area contributed by atoms with E-state index in [9.17, 15) is 9.90 Å². The van der Waals surface area contributed by atoms with Crippen LogP contribution in [0, 0.1) is 11.8 Å². The lowest BCUT2D eigenvalue weighted by Gasteiger charge is -2.20. The Bertz CT molecular complexity index is 470. The smallest absolute Gasteiger partial charge is 0.220 e. The summed E-state index contributed by atoms with van der Waals surface area (Å²) in [6, 6.07) is 7.70. The molecule has 110 valence electrons. The van der Waals surface area contributed by atoms with Gasteiger partial charge in [0.2, 0.25) is 5.91 Å². The van der Waals surface area contributed by atoms with Gasteiger partial charge in [-0.1, -0.05) is 45.0 Å². The minimum absolute atomic E-state index is 0.0407. The topological polar surface area (TPSA) is 49.3 Å². The van der Waals surface area contributed by atoms with Crippen LogP contribution in [0.3, 0.4) is 0 Å². The SMILES string of the molecule is CC(C)CC(C)CC(=O)NC1c2ccccc2CC1O. The summed E-state index contributed by atoms with van der Waals surface area (Å²) in [4.78, 5) is 12.1. The van der Waals surface area contributed by atoms with Gasteiger partial charge in [0.1, 0.15) is 0 Å². The summed E-state index contributed by atoms with van der Waals surface area (Å²) >= 11 is 0. The van der Waals surface area contributed by atoms with E-state index in [1.54, 1.807) is 0 Å². The van der Waals surface area contributed by atoms with Gasteiger partial charge in [0, 0.05) is 12.8 Å². The number of carbonyl (C=O) groups is 1. The number of hydrogen-bond donors (Lipinski definition) is 2. The van der Waals surface area contributed by atoms with Gasteiger partial charge in [0.25, 0.3) is 0 Å². The average molecular weight is 275 g/mol. The average Bonchev–Trinajstić information content (AvgIpc) is 2.65. The summed E-state index contributed by atoms with van der Waals surface area (Å²) < 4.78 is 0. The quantitative estimate of drug-likeness (QED) is 0.868. The van der Waals surface area contributed by atoms with Crippen LogP contribution in [-0.2, 0) is 11.2 Å². The number of rotatable bonds is 5. The molecule has 3 unspecified atom stereocenters. The molecule has 1 amide bonds. The van der Waals surface area contributed by atoms with Crippen LogP contribution >= 0.6 is 0 Å². The molecule has 20 heavy (non-hydrogen) atoms. The van der Waals surface area contributed by atoms with Crippen LogP contribution in [-0.4, -0.2) is 17.1 Å². The predicted molar refractivity (Wildman–Crippen MR) is 80.3 cm³/mol. The van der Waals surface area contributed by atoms with Gasteiger partial charge in [-0.2, -0.15) is 0 Å². The highest BCUT2D eigenvalue weighted by Gasteiger charge is 2.31. The Kier molecular flexibility index (Phi) is 4.81. The molecular formula is C17H25NO2. The van der Waals surface area contributed by atoms with Crippen molar-refractivity contribution < 1.29 is 9.90 Å². The number of amides is 1. The minimum atomic E-state index is -0.503. The van der Waals surface area contributed by atoms with E-state index in [4.69, 9.17) is 0 Å². The molecule has 0 spiro atoms. The second kappa shape index (κ2) is 6.40. The molecule has 0 saturated carbocycles. The number of aliphatic hydroxyl groups is 1. The van der Waals surface area contributed by atoms with E-state index in [0.29, 0.717) is 24.7 Å². The Balaban J connectivity index is 1.95. The van der Waals surface area contributed by atoms with E-state index in [1.165, 1.54) is 0 Å². The molecule has 2 N–H and O–H groups in total. The molecule has 0 heterocycles. The van der Waals surface area contributed by atoms with Crippen LogP contribution in [0.4, 0.5) is 0 Å². The molecule has 1 aliphatic rings. The first kappa shape index (κ1) is 15.0. The third-order valence-electron chi connectivity index (χ3n) is 3.93. The zero-order valence-corrected chi connectivity index (χ0v) is 12.6. The third-order valence-corrected chi connectivity index (χ3v) is 3.93. The highest BCUT2D eigenvalue weighted by molar-refractivity contribution is 5.77. The highest BCUT2D eigenvalue weighted by atomic mass is 16.3. The molecular weight excluding hydrogens is 250 g/mol. The van der Waals surface area contributed by atoms with Crippen molar-refractivity contribution in [2.45, 2.75) is 52.2 Å². The molecule has 1 aromatic carbocycles. The van der Waals surface area contributed by atoms with Crippen LogP contribution in [0.25, 0.3) is 0 Å². The maximum atomic E-state index is 12.1. The number of benzene rings is 1. The predicted octanol–water partition coefficient (Wildman–Crippen LogP) is 2.83. The first-order valence-electron chi connectivity index (χ1n) is 7.52. The first-order valence-corrected chi connectivity index (χ1v) is 7.52. The Morgan fingerprint density at radius 2 is 2.05 bits per heavy atom. The third kappa shape index (κ3) is 3.60. The summed E-state index contributed by atoms with van der Waals surface area (Å²) in [6.45, 7) is 6.45. The van der Waals surface area contributed by atoms with E-state index in [0.717, 1.165) is 17.5 Å². The van der Waals surface area contributed by atoms with Crippen LogP contribution in [0.2, 0.25) is 0 Å². The van der Waals surface area contributed by atoms with E-state index < -0.39 is 6.10 Å². The monoisotopic (exact) mass is 275 g/mol. The Morgan fingerprint density at radius 3 is 2.75 bits per heavy atom. The second-order valence-corrected chi connectivity index (χ2v) is 6.45. The molecule has 3 heteroatoms. The normalized spacial score (nSPS) is 22.6. The Labute approximate surface area is 121 Å². The lowest BCUT2D eigenvalue weighted by atomic mass is 9.95. The van der Waals surface area contributed by atoms with Crippen molar-refractivity contribution >= 4 is 5.91 Å². The van der Waals surface area contributed by atoms with Crippen LogP contribution < -0.4 is 5.32 Å². The molecule has 1 aliphatic carbocycles. The van der Waals surface area contributed by atoms with E-state index >= 15 is 0 Å². The molecule has 0 bridgehead atoms. The molecule has 1 aromatic rings. The zero-order chi connectivity index (χ0) is 14.7. The summed E-state index contributed by atoms with van der Waals surface area (Å²) in [5.74, 6) is 1.03. The minimum Gasteiger partial charge on any atom is -0.390 e. The van der Waals surface area contributed by atoms with E-state index in [-0.39, 0.29) is 11.9 Å². The van der Waals surface area contributed by atoms with Crippen molar-refractivity contribution in [3.8, 4) is 0 Å². The fourth-order valence-corrected chi connectivity index (χ4v) is 3.18. The van der Waals surface area contributed by atoms with Gasteiger partial charge in [-0.15, -0.1) is 0 Å². The number of aliphatic hydroxyl groups excluding tert-OH is 1. The second-order valence-electron chi connectivity index (χ2n) is 6.45.